The van der Waals surface area contributed by atoms with Crippen LogP contribution in [-0.4, -0.2) is 49.4 Å². The molecule has 3 heterocycles. The topological polar surface area (TPSA) is 118 Å². The molecule has 3 aromatic rings. The van der Waals surface area contributed by atoms with Crippen molar-refractivity contribution < 1.29 is 14.3 Å². The molecule has 29 heavy (non-hydrogen) atoms. The van der Waals surface area contributed by atoms with E-state index in [2.05, 4.69) is 20.4 Å². The van der Waals surface area contributed by atoms with Gasteiger partial charge in [-0.3, -0.25) is 9.78 Å². The van der Waals surface area contributed by atoms with Crippen molar-refractivity contribution in [1.82, 2.24) is 19.6 Å². The molecule has 1 amide bonds. The molecule has 4 rings (SSSR count). The summed E-state index contributed by atoms with van der Waals surface area (Å²) in [4.78, 5) is 20.1. The van der Waals surface area contributed by atoms with Crippen LogP contribution < -0.4 is 11.1 Å². The molecule has 9 heteroatoms. The van der Waals surface area contributed by atoms with Crippen molar-refractivity contribution in [2.24, 2.45) is 11.7 Å². The van der Waals surface area contributed by atoms with Crippen molar-refractivity contribution in [3.63, 3.8) is 0 Å². The van der Waals surface area contributed by atoms with Gasteiger partial charge < -0.3 is 16.2 Å². The number of nitrogens with zero attached hydrogens (tertiary/aromatic N) is 4. The summed E-state index contributed by atoms with van der Waals surface area (Å²) >= 11 is 0. The molecule has 1 aliphatic rings. The molecule has 3 atom stereocenters. The minimum atomic E-state index is -0.590. The number of rotatable bonds is 5. The molecule has 0 bridgehead atoms. The van der Waals surface area contributed by atoms with Gasteiger partial charge in [-0.2, -0.15) is 5.10 Å². The molecule has 3 unspecified atom stereocenters. The van der Waals surface area contributed by atoms with Crippen molar-refractivity contribution in [2.45, 2.75) is 38.9 Å². The fraction of sp³-hybridized carbons (Fsp3) is 0.400. The molecule has 3 aromatic heterocycles. The predicted octanol–water partition coefficient (Wildman–Crippen LogP) is 2.44. The number of alkyl halides is 1. The third kappa shape index (κ3) is 4.68. The number of pyridine rings is 1. The molecule has 154 valence electrons. The maximum atomic E-state index is 11.9. The Morgan fingerprint density at radius 2 is 2.17 bits per heavy atom. The number of hydrogen-bond acceptors (Lipinski definition) is 6. The number of aromatic nitrogens is 4. The van der Waals surface area contributed by atoms with E-state index in [1.165, 1.54) is 6.20 Å². The van der Waals surface area contributed by atoms with Crippen molar-refractivity contribution in [3.8, 4) is 11.4 Å². The fourth-order valence-corrected chi connectivity index (χ4v) is 2.85. The minimum absolute atomic E-state index is 0.0764. The van der Waals surface area contributed by atoms with Gasteiger partial charge >= 0.3 is 0 Å². The second-order valence-electron chi connectivity index (χ2n) is 7.22. The lowest BCUT2D eigenvalue weighted by Gasteiger charge is -2.25. The average Bonchev–Trinajstić information content (AvgIpc) is 3.16. The number of carbonyl (C=O) groups is 1. The van der Waals surface area contributed by atoms with Crippen LogP contribution >= 0.6 is 0 Å². The molecular formula is C20H25FN6O2. The van der Waals surface area contributed by atoms with Crippen LogP contribution in [0.3, 0.4) is 0 Å². The van der Waals surface area contributed by atoms with Crippen LogP contribution in [0.5, 0.6) is 0 Å². The predicted molar refractivity (Wildman–Crippen MR) is 108 cm³/mol. The Labute approximate surface area is 168 Å². The van der Waals surface area contributed by atoms with Crippen molar-refractivity contribution in [1.29, 1.82) is 0 Å². The Morgan fingerprint density at radius 1 is 1.41 bits per heavy atom. The van der Waals surface area contributed by atoms with Gasteiger partial charge in [-0.15, -0.1) is 0 Å². The van der Waals surface area contributed by atoms with E-state index in [0.717, 1.165) is 12.8 Å². The highest BCUT2D eigenvalue weighted by Crippen LogP contribution is 2.29. The largest absolute Gasteiger partial charge is 0.394 e. The Kier molecular flexibility index (Phi) is 6.38. The van der Waals surface area contributed by atoms with Crippen LogP contribution in [0.4, 0.5) is 10.1 Å². The minimum Gasteiger partial charge on any atom is -0.394 e. The number of halogens is 1. The van der Waals surface area contributed by atoms with Gasteiger partial charge in [0, 0.05) is 18.4 Å². The smallest absolute Gasteiger partial charge is 0.252 e. The van der Waals surface area contributed by atoms with Gasteiger partial charge in [-0.25, -0.2) is 13.9 Å². The summed E-state index contributed by atoms with van der Waals surface area (Å²) in [6.07, 6.45) is 6.16. The van der Waals surface area contributed by atoms with E-state index in [1.54, 1.807) is 36.0 Å². The number of aliphatic hydroxyl groups excluding tert-OH is 1. The van der Waals surface area contributed by atoms with Gasteiger partial charge in [0.2, 0.25) is 0 Å². The first-order valence-corrected chi connectivity index (χ1v) is 9.51. The van der Waals surface area contributed by atoms with Gasteiger partial charge in [-0.1, -0.05) is 6.92 Å². The van der Waals surface area contributed by atoms with E-state index in [9.17, 15) is 14.3 Å². The quantitative estimate of drug-likeness (QED) is 0.605. The SMILES string of the molecule is CC(CO)Nc1cc(-c2cnc3cccnn23)ncc1C(N)=O.CC1CCC1F. The van der Waals surface area contributed by atoms with E-state index in [0.29, 0.717) is 28.6 Å². The summed E-state index contributed by atoms with van der Waals surface area (Å²) in [5.74, 6) is -0.224. The first kappa shape index (κ1) is 20.7. The zero-order chi connectivity index (χ0) is 21.0. The first-order chi connectivity index (χ1) is 13.9. The van der Waals surface area contributed by atoms with Gasteiger partial charge in [0.25, 0.3) is 5.91 Å². The number of fused-ring (bicyclic) bond motifs is 1. The van der Waals surface area contributed by atoms with E-state index < -0.39 is 12.1 Å². The summed E-state index contributed by atoms with van der Waals surface area (Å²) in [7, 11) is 0. The zero-order valence-electron chi connectivity index (χ0n) is 16.4. The number of nitrogens with one attached hydrogen (secondary N) is 1. The molecule has 1 fully saturated rings. The summed E-state index contributed by atoms with van der Waals surface area (Å²) in [6.45, 7) is 3.67. The van der Waals surface area contributed by atoms with Crippen LogP contribution in [0.1, 0.15) is 37.0 Å². The number of amides is 1. The van der Waals surface area contributed by atoms with Crippen LogP contribution in [-0.2, 0) is 0 Å². The molecule has 0 aromatic carbocycles. The molecule has 0 radical (unpaired) electrons. The number of imidazole rings is 1. The molecule has 4 N–H and O–H groups in total. The van der Waals surface area contributed by atoms with Gasteiger partial charge in [0.1, 0.15) is 11.9 Å². The maximum Gasteiger partial charge on any atom is 0.252 e. The lowest BCUT2D eigenvalue weighted by atomic mass is 9.85. The van der Waals surface area contributed by atoms with Crippen LogP contribution in [0.15, 0.2) is 36.8 Å². The molecule has 1 aliphatic carbocycles. The average molecular weight is 400 g/mol. The summed E-state index contributed by atoms with van der Waals surface area (Å²) in [5.41, 5.74) is 8.13. The number of hydrogen-bond donors (Lipinski definition) is 3. The van der Waals surface area contributed by atoms with Crippen molar-refractivity contribution in [2.75, 3.05) is 11.9 Å². The molecule has 0 spiro atoms. The number of primary amides is 1. The van der Waals surface area contributed by atoms with Gasteiger partial charge in [-0.05, 0) is 43.9 Å². The Balaban J connectivity index is 0.000000343. The lowest BCUT2D eigenvalue weighted by molar-refractivity contribution is 0.100. The number of aliphatic hydroxyl groups is 1. The summed E-state index contributed by atoms with van der Waals surface area (Å²) < 4.78 is 13.6. The van der Waals surface area contributed by atoms with Crippen LogP contribution in [0.25, 0.3) is 17.0 Å². The van der Waals surface area contributed by atoms with Crippen molar-refractivity contribution >= 4 is 17.2 Å². The summed E-state index contributed by atoms with van der Waals surface area (Å²) in [6, 6.07) is 5.10. The van der Waals surface area contributed by atoms with Crippen LogP contribution in [0.2, 0.25) is 0 Å². The fourth-order valence-electron chi connectivity index (χ4n) is 2.85. The van der Waals surface area contributed by atoms with Gasteiger partial charge in [0.15, 0.2) is 5.65 Å². The Hall–Kier alpha value is -3.07. The van der Waals surface area contributed by atoms with Crippen molar-refractivity contribution in [3.05, 3.63) is 42.4 Å². The maximum absolute atomic E-state index is 11.9. The third-order valence-corrected chi connectivity index (χ3v) is 4.90. The molecule has 8 nitrogen and oxygen atoms in total. The Bertz CT molecular complexity index is 984. The molecule has 0 saturated heterocycles. The first-order valence-electron chi connectivity index (χ1n) is 9.51. The highest BCUT2D eigenvalue weighted by atomic mass is 19.1. The second-order valence-corrected chi connectivity index (χ2v) is 7.22. The van der Waals surface area contributed by atoms with E-state index >= 15 is 0 Å². The number of carbonyl (C=O) groups excluding carboxylic acids is 1. The summed E-state index contributed by atoms with van der Waals surface area (Å²) in [5, 5.41) is 16.5. The molecular weight excluding hydrogens is 375 g/mol. The highest BCUT2D eigenvalue weighted by Gasteiger charge is 2.25. The zero-order valence-corrected chi connectivity index (χ0v) is 16.4. The molecule has 0 aliphatic heterocycles. The Morgan fingerprint density at radius 3 is 2.76 bits per heavy atom. The third-order valence-electron chi connectivity index (χ3n) is 4.90. The second kappa shape index (κ2) is 8.95. The highest BCUT2D eigenvalue weighted by molar-refractivity contribution is 5.98. The van der Waals surface area contributed by atoms with E-state index in [1.807, 2.05) is 13.0 Å². The number of anilines is 1. The van der Waals surface area contributed by atoms with Gasteiger partial charge in [0.05, 0.1) is 29.7 Å². The monoisotopic (exact) mass is 400 g/mol. The van der Waals surface area contributed by atoms with E-state index in [-0.39, 0.29) is 18.2 Å². The standard InChI is InChI=1S/C15H16N6O2.C5H9F/c1-9(8-22)20-11-5-12(17-6-10(11)15(16)23)13-7-18-14-3-2-4-19-21(13)14;1-4-2-3-5(4)6/h2-7,9,22H,8H2,1H3,(H2,16,23)(H,17,20);4-5H,2-3H2,1H3. The normalized spacial score (nSPS) is 19.0. The molecule has 1 saturated carbocycles. The van der Waals surface area contributed by atoms with Crippen LogP contribution in [0, 0.1) is 5.92 Å². The lowest BCUT2D eigenvalue weighted by Crippen LogP contribution is -2.23. The van der Waals surface area contributed by atoms with E-state index in [4.69, 9.17) is 5.73 Å². The number of nitrogens with two attached hydrogens (primary N) is 1.